The number of alkyl halides is 3. The molecule has 0 atom stereocenters. The first-order valence-corrected chi connectivity index (χ1v) is 9.46. The fourth-order valence-corrected chi connectivity index (χ4v) is 3.59. The molecule has 2 aromatic carbocycles. The largest absolute Gasteiger partial charge is 0.573 e. The molecule has 0 spiro atoms. The lowest BCUT2D eigenvalue weighted by molar-refractivity contribution is -0.274. The van der Waals surface area contributed by atoms with Gasteiger partial charge < -0.3 is 14.6 Å². The summed E-state index contributed by atoms with van der Waals surface area (Å²) in [6.45, 7) is 4.50. The number of rotatable bonds is 4. The maximum absolute atomic E-state index is 13.2. The van der Waals surface area contributed by atoms with Crippen LogP contribution in [0.1, 0.15) is 35.5 Å². The van der Waals surface area contributed by atoms with E-state index in [4.69, 9.17) is 16.3 Å². The van der Waals surface area contributed by atoms with Gasteiger partial charge >= 0.3 is 12.3 Å². The molecule has 0 aliphatic carbocycles. The van der Waals surface area contributed by atoms with E-state index >= 15 is 0 Å². The Labute approximate surface area is 179 Å². The van der Waals surface area contributed by atoms with Crippen molar-refractivity contribution in [3.8, 4) is 17.2 Å². The molecule has 0 fully saturated rings. The van der Waals surface area contributed by atoms with Crippen LogP contribution in [-0.2, 0) is 11.2 Å². The van der Waals surface area contributed by atoms with Crippen LogP contribution in [-0.4, -0.2) is 27.9 Å². The maximum Gasteiger partial charge on any atom is 0.573 e. The van der Waals surface area contributed by atoms with Crippen molar-refractivity contribution in [1.29, 1.82) is 0 Å². The van der Waals surface area contributed by atoms with Crippen LogP contribution in [0.4, 0.5) is 13.2 Å². The van der Waals surface area contributed by atoms with E-state index in [1.54, 1.807) is 13.8 Å². The van der Waals surface area contributed by atoms with Crippen LogP contribution in [0.3, 0.4) is 0 Å². The lowest BCUT2D eigenvalue weighted by atomic mass is 10.1. The van der Waals surface area contributed by atoms with Gasteiger partial charge in [-0.2, -0.15) is 0 Å². The van der Waals surface area contributed by atoms with Crippen molar-refractivity contribution in [3.63, 3.8) is 0 Å². The van der Waals surface area contributed by atoms with E-state index in [0.717, 1.165) is 12.1 Å². The van der Waals surface area contributed by atoms with Gasteiger partial charge in [-0.1, -0.05) is 18.5 Å². The van der Waals surface area contributed by atoms with Gasteiger partial charge in [-0.05, 0) is 43.7 Å². The Balaban J connectivity index is 2.20. The van der Waals surface area contributed by atoms with Gasteiger partial charge in [0.2, 0.25) is 0 Å². The minimum atomic E-state index is -4.85. The third-order valence-electron chi connectivity index (χ3n) is 4.60. The Morgan fingerprint density at radius 2 is 1.81 bits per heavy atom. The van der Waals surface area contributed by atoms with Crippen LogP contribution in [0, 0.1) is 6.92 Å². The second-order valence-corrected chi connectivity index (χ2v) is 7.06. The smallest absolute Gasteiger partial charge is 0.506 e. The molecule has 1 aromatic heterocycles. The molecule has 0 aliphatic rings. The first-order chi connectivity index (χ1) is 14.4. The molecule has 1 N–H and O–H groups in total. The van der Waals surface area contributed by atoms with Crippen molar-refractivity contribution in [2.24, 2.45) is 0 Å². The fourth-order valence-electron chi connectivity index (χ4n) is 3.37. The van der Waals surface area contributed by atoms with Gasteiger partial charge in [0.05, 0.1) is 21.6 Å². The number of aromatic hydroxyl groups is 1. The average Bonchev–Trinajstić information content (AvgIpc) is 2.92. The lowest BCUT2D eigenvalue weighted by Gasteiger charge is -2.11. The summed E-state index contributed by atoms with van der Waals surface area (Å²) in [5.74, 6) is -1.79. The number of hydrogen-bond donors (Lipinski definition) is 1. The standard InChI is InChI=1S/C21H17ClF3NO5/c1-4-14-17-16(9-15(22)18(14)28)26(10(2)19(17)30-11(3)27)20(29)12-5-7-13(8-6-12)31-21(23,24)25/h5-9,28H,4H2,1-3H3. The van der Waals surface area contributed by atoms with Crippen molar-refractivity contribution < 1.29 is 37.3 Å². The second-order valence-electron chi connectivity index (χ2n) is 6.65. The summed E-state index contributed by atoms with van der Waals surface area (Å²) in [7, 11) is 0. The van der Waals surface area contributed by atoms with Crippen molar-refractivity contribution >= 4 is 34.4 Å². The van der Waals surface area contributed by atoms with Crippen LogP contribution >= 0.6 is 11.6 Å². The summed E-state index contributed by atoms with van der Waals surface area (Å²) in [6, 6.07) is 5.77. The van der Waals surface area contributed by atoms with Crippen LogP contribution < -0.4 is 9.47 Å². The molecular formula is C21H17ClF3NO5. The normalized spacial score (nSPS) is 11.6. The molecular weight excluding hydrogens is 439 g/mol. The first-order valence-electron chi connectivity index (χ1n) is 9.08. The number of phenols is 1. The van der Waals surface area contributed by atoms with Gasteiger partial charge in [0, 0.05) is 18.1 Å². The molecule has 6 nitrogen and oxygen atoms in total. The van der Waals surface area contributed by atoms with E-state index in [2.05, 4.69) is 4.74 Å². The molecule has 0 radical (unpaired) electrons. The number of aromatic nitrogens is 1. The van der Waals surface area contributed by atoms with Gasteiger partial charge in [0.1, 0.15) is 11.5 Å². The Bertz CT molecular complexity index is 1180. The molecule has 10 heteroatoms. The van der Waals surface area contributed by atoms with Crippen molar-refractivity contribution in [3.05, 3.63) is 52.2 Å². The first kappa shape index (κ1) is 22.5. The van der Waals surface area contributed by atoms with Crippen LogP contribution in [0.2, 0.25) is 5.02 Å². The van der Waals surface area contributed by atoms with Gasteiger partial charge in [-0.3, -0.25) is 14.2 Å². The molecule has 3 aromatic rings. The van der Waals surface area contributed by atoms with Crippen molar-refractivity contribution in [2.45, 2.75) is 33.6 Å². The number of halogens is 4. The van der Waals surface area contributed by atoms with Gasteiger partial charge in [-0.15, -0.1) is 13.2 Å². The average molecular weight is 456 g/mol. The molecule has 3 rings (SSSR count). The number of ether oxygens (including phenoxy) is 2. The van der Waals surface area contributed by atoms with Crippen LogP contribution in [0.15, 0.2) is 30.3 Å². The van der Waals surface area contributed by atoms with E-state index < -0.39 is 24.0 Å². The number of carbonyl (C=O) groups is 2. The number of esters is 1. The van der Waals surface area contributed by atoms with Crippen molar-refractivity contribution in [2.75, 3.05) is 0 Å². The molecule has 0 bridgehead atoms. The molecule has 0 saturated carbocycles. The summed E-state index contributed by atoms with van der Waals surface area (Å²) >= 11 is 6.14. The van der Waals surface area contributed by atoms with Crippen LogP contribution in [0.25, 0.3) is 10.9 Å². The summed E-state index contributed by atoms with van der Waals surface area (Å²) in [4.78, 5) is 24.9. The topological polar surface area (TPSA) is 77.8 Å². The third kappa shape index (κ3) is 4.32. The number of nitrogens with zero attached hydrogens (tertiary/aromatic N) is 1. The highest BCUT2D eigenvalue weighted by atomic mass is 35.5. The Hall–Kier alpha value is -3.20. The number of phenolic OH excluding ortho intramolecular Hbond substituents is 1. The molecule has 0 unspecified atom stereocenters. The van der Waals surface area contributed by atoms with E-state index in [1.165, 1.54) is 29.7 Å². The highest BCUT2D eigenvalue weighted by molar-refractivity contribution is 6.33. The zero-order chi connectivity index (χ0) is 23.1. The highest BCUT2D eigenvalue weighted by Crippen LogP contribution is 2.43. The number of aryl methyl sites for hydroxylation is 1. The molecule has 0 saturated heterocycles. The monoisotopic (exact) mass is 455 g/mol. The quantitative estimate of drug-likeness (QED) is 0.534. The van der Waals surface area contributed by atoms with Gasteiger partial charge in [0.25, 0.3) is 5.91 Å². The molecule has 0 aliphatic heterocycles. The fraction of sp³-hybridized carbons (Fsp3) is 0.238. The van der Waals surface area contributed by atoms with E-state index in [1.807, 2.05) is 0 Å². The second kappa shape index (κ2) is 8.14. The van der Waals surface area contributed by atoms with E-state index in [0.29, 0.717) is 17.4 Å². The highest BCUT2D eigenvalue weighted by Gasteiger charge is 2.31. The molecule has 31 heavy (non-hydrogen) atoms. The predicted octanol–water partition coefficient (Wildman–Crippen LogP) is 5.38. The summed E-state index contributed by atoms with van der Waals surface area (Å²) in [5.41, 5.74) is 1.00. The molecule has 164 valence electrons. The summed E-state index contributed by atoms with van der Waals surface area (Å²) in [6.07, 6.45) is -4.52. The van der Waals surface area contributed by atoms with Gasteiger partial charge in [0.15, 0.2) is 5.75 Å². The van der Waals surface area contributed by atoms with Gasteiger partial charge in [-0.25, -0.2) is 0 Å². The molecule has 0 amide bonds. The number of hydrogen-bond acceptors (Lipinski definition) is 5. The van der Waals surface area contributed by atoms with E-state index in [9.17, 15) is 27.9 Å². The Morgan fingerprint density at radius 3 is 2.32 bits per heavy atom. The minimum Gasteiger partial charge on any atom is -0.506 e. The SMILES string of the molecule is CCc1c(O)c(Cl)cc2c1c(OC(C)=O)c(C)n2C(=O)c1ccc(OC(F)(F)F)cc1. The predicted molar refractivity (Wildman–Crippen MR) is 107 cm³/mol. The van der Waals surface area contributed by atoms with Crippen molar-refractivity contribution in [1.82, 2.24) is 4.57 Å². The van der Waals surface area contributed by atoms with Crippen LogP contribution in [0.5, 0.6) is 17.2 Å². The third-order valence-corrected chi connectivity index (χ3v) is 4.89. The minimum absolute atomic E-state index is 0.000741. The zero-order valence-corrected chi connectivity index (χ0v) is 17.4. The summed E-state index contributed by atoms with van der Waals surface area (Å²) < 4.78 is 47.5. The maximum atomic E-state index is 13.2. The Morgan fingerprint density at radius 1 is 1.19 bits per heavy atom. The zero-order valence-electron chi connectivity index (χ0n) is 16.6. The Kier molecular flexibility index (Phi) is 5.91. The number of fused-ring (bicyclic) bond motifs is 1. The number of carbonyl (C=O) groups excluding carboxylic acids is 2. The lowest BCUT2D eigenvalue weighted by Crippen LogP contribution is -2.17. The summed E-state index contributed by atoms with van der Waals surface area (Å²) in [5, 5.41) is 10.7. The molecule has 1 heterocycles. The number of benzene rings is 2. The van der Waals surface area contributed by atoms with E-state index in [-0.39, 0.29) is 33.3 Å².